The number of halogens is 4. The molecule has 268 valence electrons. The van der Waals surface area contributed by atoms with Crippen LogP contribution in [0, 0.1) is 35.1 Å². The second-order valence-corrected chi connectivity index (χ2v) is 13.3. The van der Waals surface area contributed by atoms with E-state index in [9.17, 15) is 18.4 Å². The minimum atomic E-state index is -1.01. The largest absolute Gasteiger partial charge is 0.462 e. The van der Waals surface area contributed by atoms with Crippen molar-refractivity contribution in [3.05, 3.63) is 107 Å². The Morgan fingerprint density at radius 3 is 2.06 bits per heavy atom. The SMILES string of the molecule is C=C(C)C(=O)OCC(COC(=O)C(=C)CO)CC1CCC(c2ccc(-c3ccc(-c4ccc(CCCCC)c(F)c4F)cc3F)cc2F)CC1. The number of hydrogen-bond acceptors (Lipinski definition) is 5. The second kappa shape index (κ2) is 18.1. The lowest BCUT2D eigenvalue weighted by Gasteiger charge is -2.31. The van der Waals surface area contributed by atoms with Crippen LogP contribution in [-0.2, 0) is 25.5 Å². The molecule has 9 heteroatoms. The van der Waals surface area contributed by atoms with E-state index in [1.54, 1.807) is 25.1 Å². The number of carbonyl (C=O) groups excluding carboxylic acids is 2. The molecule has 3 aromatic rings. The average Bonchev–Trinajstić information content (AvgIpc) is 3.11. The molecule has 4 rings (SSSR count). The van der Waals surface area contributed by atoms with Crippen LogP contribution in [-0.4, -0.2) is 36.9 Å². The van der Waals surface area contributed by atoms with Crippen molar-refractivity contribution in [2.24, 2.45) is 11.8 Å². The van der Waals surface area contributed by atoms with Crippen LogP contribution in [0.25, 0.3) is 22.3 Å². The number of aryl methyl sites for hydroxylation is 1. The van der Waals surface area contributed by atoms with Gasteiger partial charge >= 0.3 is 11.9 Å². The number of rotatable bonds is 16. The van der Waals surface area contributed by atoms with Gasteiger partial charge in [0.05, 0.1) is 25.4 Å². The quantitative estimate of drug-likeness (QED) is 0.0700. The molecule has 0 amide bonds. The molecular formula is C41H46F4O5. The maximum absolute atomic E-state index is 15.5. The first-order chi connectivity index (χ1) is 23.9. The van der Waals surface area contributed by atoms with Gasteiger partial charge in [0, 0.05) is 22.6 Å². The van der Waals surface area contributed by atoms with Crippen molar-refractivity contribution in [2.75, 3.05) is 19.8 Å². The molecular weight excluding hydrogens is 648 g/mol. The molecule has 1 N–H and O–H groups in total. The number of aliphatic hydroxyl groups is 1. The number of hydrogen-bond donors (Lipinski definition) is 1. The molecule has 1 aliphatic carbocycles. The fraction of sp³-hybridized carbons (Fsp3) is 0.415. The highest BCUT2D eigenvalue weighted by Gasteiger charge is 2.28. The summed E-state index contributed by atoms with van der Waals surface area (Å²) < 4.78 is 71.2. The molecule has 0 heterocycles. The zero-order chi connectivity index (χ0) is 36.4. The van der Waals surface area contributed by atoms with Crippen LogP contribution in [0.5, 0.6) is 0 Å². The Morgan fingerprint density at radius 2 is 1.44 bits per heavy atom. The van der Waals surface area contributed by atoms with E-state index >= 15 is 8.78 Å². The lowest BCUT2D eigenvalue weighted by atomic mass is 9.75. The lowest BCUT2D eigenvalue weighted by molar-refractivity contribution is -0.144. The molecule has 0 spiro atoms. The van der Waals surface area contributed by atoms with Gasteiger partial charge in [-0.2, -0.15) is 0 Å². The van der Waals surface area contributed by atoms with Gasteiger partial charge < -0.3 is 14.6 Å². The van der Waals surface area contributed by atoms with Crippen LogP contribution in [0.3, 0.4) is 0 Å². The molecule has 1 fully saturated rings. The zero-order valence-corrected chi connectivity index (χ0v) is 28.8. The monoisotopic (exact) mass is 694 g/mol. The van der Waals surface area contributed by atoms with Gasteiger partial charge in [-0.3, -0.25) is 0 Å². The predicted molar refractivity (Wildman–Crippen MR) is 186 cm³/mol. The Bertz CT molecular complexity index is 1690. The summed E-state index contributed by atoms with van der Waals surface area (Å²) in [7, 11) is 0. The van der Waals surface area contributed by atoms with Crippen molar-refractivity contribution < 1.29 is 41.7 Å². The first-order valence-electron chi connectivity index (χ1n) is 17.3. The summed E-state index contributed by atoms with van der Waals surface area (Å²) in [5, 5.41) is 9.14. The van der Waals surface area contributed by atoms with Crippen molar-refractivity contribution in [3.8, 4) is 22.3 Å². The Hall–Kier alpha value is -4.24. The second-order valence-electron chi connectivity index (χ2n) is 13.3. The number of unbranched alkanes of at least 4 members (excludes halogenated alkanes) is 2. The predicted octanol–water partition coefficient (Wildman–Crippen LogP) is 9.80. The zero-order valence-electron chi connectivity index (χ0n) is 28.8. The maximum Gasteiger partial charge on any atom is 0.335 e. The molecule has 1 aliphatic rings. The first-order valence-corrected chi connectivity index (χ1v) is 17.3. The molecule has 5 nitrogen and oxygen atoms in total. The van der Waals surface area contributed by atoms with Gasteiger partial charge in [0.1, 0.15) is 11.6 Å². The van der Waals surface area contributed by atoms with Crippen molar-refractivity contribution in [1.29, 1.82) is 0 Å². The van der Waals surface area contributed by atoms with Crippen LogP contribution < -0.4 is 0 Å². The Morgan fingerprint density at radius 1 is 0.820 bits per heavy atom. The molecule has 1 atom stereocenters. The molecule has 1 saturated carbocycles. The highest BCUT2D eigenvalue weighted by Crippen LogP contribution is 2.40. The summed E-state index contributed by atoms with van der Waals surface area (Å²) in [6.07, 6.45) is 6.68. The summed E-state index contributed by atoms with van der Waals surface area (Å²) >= 11 is 0. The fourth-order valence-electron chi connectivity index (χ4n) is 6.56. The standard InChI is InChI=1S/C41H46F4O5/c1-5-6-7-8-30-13-18-35(39(45)38(30)44)32-15-17-34(37(43)21-32)31-14-16-33(36(42)20-31)29-11-9-27(10-12-29)19-28(23-49-40(47)25(2)3)24-50-41(48)26(4)22-46/h13-18,20-21,27-29,46H,2,4-12,19,22-24H2,1,3H3. The van der Waals surface area contributed by atoms with Crippen LogP contribution in [0.1, 0.15) is 82.3 Å². The first kappa shape index (κ1) is 38.6. The summed E-state index contributed by atoms with van der Waals surface area (Å²) in [6, 6.07) is 11.8. The van der Waals surface area contributed by atoms with Gasteiger partial charge in [-0.1, -0.05) is 69.3 Å². The number of aliphatic hydroxyl groups excluding tert-OH is 1. The van der Waals surface area contributed by atoms with Crippen molar-refractivity contribution in [2.45, 2.75) is 77.6 Å². The average molecular weight is 695 g/mol. The summed E-state index contributed by atoms with van der Waals surface area (Å²) in [6.45, 7) is 10.1. The fourth-order valence-corrected chi connectivity index (χ4v) is 6.56. The molecule has 0 saturated heterocycles. The van der Waals surface area contributed by atoms with E-state index in [1.807, 2.05) is 6.92 Å². The van der Waals surface area contributed by atoms with Crippen molar-refractivity contribution in [3.63, 3.8) is 0 Å². The summed E-state index contributed by atoms with van der Waals surface area (Å²) in [5.74, 6) is -4.38. The van der Waals surface area contributed by atoms with E-state index in [4.69, 9.17) is 14.6 Å². The third-order valence-corrected chi connectivity index (χ3v) is 9.49. The van der Waals surface area contributed by atoms with Crippen LogP contribution in [0.4, 0.5) is 17.6 Å². The Kier molecular flexibility index (Phi) is 14.0. The Labute approximate surface area is 292 Å². The number of carbonyl (C=O) groups is 2. The molecule has 1 unspecified atom stereocenters. The summed E-state index contributed by atoms with van der Waals surface area (Å²) in [5.41, 5.74) is 1.70. The molecule has 3 aromatic carbocycles. The van der Waals surface area contributed by atoms with Gasteiger partial charge in [-0.05, 0) is 98.1 Å². The minimum Gasteiger partial charge on any atom is -0.462 e. The highest BCUT2D eigenvalue weighted by molar-refractivity contribution is 5.88. The third kappa shape index (κ3) is 9.93. The topological polar surface area (TPSA) is 72.8 Å². The normalized spacial score (nSPS) is 16.5. The number of esters is 2. The summed E-state index contributed by atoms with van der Waals surface area (Å²) in [4.78, 5) is 24.0. The van der Waals surface area contributed by atoms with Gasteiger partial charge in [0.15, 0.2) is 11.6 Å². The number of ether oxygens (including phenoxy) is 2. The van der Waals surface area contributed by atoms with Crippen LogP contribution in [0.2, 0.25) is 0 Å². The van der Waals surface area contributed by atoms with E-state index in [2.05, 4.69) is 13.2 Å². The van der Waals surface area contributed by atoms with E-state index in [0.717, 1.165) is 38.2 Å². The van der Waals surface area contributed by atoms with Gasteiger partial charge in [0.25, 0.3) is 0 Å². The molecule has 0 aliphatic heterocycles. The molecule has 0 bridgehead atoms. The van der Waals surface area contributed by atoms with Gasteiger partial charge in [-0.15, -0.1) is 0 Å². The van der Waals surface area contributed by atoms with Gasteiger partial charge in [0.2, 0.25) is 0 Å². The van der Waals surface area contributed by atoms with Crippen molar-refractivity contribution >= 4 is 11.9 Å². The van der Waals surface area contributed by atoms with Gasteiger partial charge in [-0.25, -0.2) is 27.2 Å². The third-order valence-electron chi connectivity index (χ3n) is 9.49. The van der Waals surface area contributed by atoms with E-state index in [-0.39, 0.29) is 58.8 Å². The lowest BCUT2D eigenvalue weighted by Crippen LogP contribution is -2.26. The molecule has 0 radical (unpaired) electrons. The van der Waals surface area contributed by atoms with E-state index in [0.29, 0.717) is 42.4 Å². The highest BCUT2D eigenvalue weighted by atomic mass is 19.2. The van der Waals surface area contributed by atoms with Crippen molar-refractivity contribution in [1.82, 2.24) is 0 Å². The Balaban J connectivity index is 1.39. The maximum atomic E-state index is 15.5. The minimum absolute atomic E-state index is 0.00782. The molecule has 0 aromatic heterocycles. The van der Waals surface area contributed by atoms with E-state index in [1.165, 1.54) is 24.3 Å². The van der Waals surface area contributed by atoms with E-state index < -0.39 is 41.8 Å². The number of benzene rings is 3. The van der Waals surface area contributed by atoms with Crippen LogP contribution in [0.15, 0.2) is 72.8 Å². The smallest absolute Gasteiger partial charge is 0.335 e. The van der Waals surface area contributed by atoms with Crippen LogP contribution >= 0.6 is 0 Å². The molecule has 50 heavy (non-hydrogen) atoms.